The third kappa shape index (κ3) is 1.57. The average Bonchev–Trinajstić information content (AvgIpc) is 2.17. The van der Waals surface area contributed by atoms with Gasteiger partial charge in [-0.1, -0.05) is 27.5 Å². The molecule has 1 N–H and O–H groups in total. The second-order valence-electron chi connectivity index (χ2n) is 2.89. The first-order valence-electron chi connectivity index (χ1n) is 4.14. The lowest BCUT2D eigenvalue weighted by molar-refractivity contribution is 1.31. The van der Waals surface area contributed by atoms with Crippen LogP contribution in [0.4, 0.5) is 5.82 Å². The van der Waals surface area contributed by atoms with Gasteiger partial charge in [0, 0.05) is 33.5 Å². The Hall–Kier alpha value is -0.800. The fourth-order valence-corrected chi connectivity index (χ4v) is 2.28. The number of nitrogens with one attached hydrogen (secondary N) is 1. The molecule has 0 unspecified atom stereocenters. The summed E-state index contributed by atoms with van der Waals surface area (Å²) in [6.45, 7) is 0. The first-order valence-corrected chi connectivity index (χ1v) is 5.31. The highest BCUT2D eigenvalue weighted by molar-refractivity contribution is 9.10. The second kappa shape index (κ2) is 3.75. The molecule has 0 saturated carbocycles. The molecule has 0 atom stereocenters. The van der Waals surface area contributed by atoms with Crippen LogP contribution in [-0.2, 0) is 0 Å². The zero-order chi connectivity index (χ0) is 10.1. The van der Waals surface area contributed by atoms with Gasteiger partial charge >= 0.3 is 0 Å². The number of aromatic nitrogens is 1. The summed E-state index contributed by atoms with van der Waals surface area (Å²) in [6, 6.07) is 5.79. The van der Waals surface area contributed by atoms with Crippen LogP contribution in [0.3, 0.4) is 0 Å². The van der Waals surface area contributed by atoms with Crippen molar-refractivity contribution in [3.05, 3.63) is 33.9 Å². The van der Waals surface area contributed by atoms with Gasteiger partial charge in [0.1, 0.15) is 5.82 Å². The number of anilines is 1. The van der Waals surface area contributed by atoms with Crippen LogP contribution in [-0.4, -0.2) is 12.0 Å². The maximum absolute atomic E-state index is 6.11. The molecule has 0 bridgehead atoms. The summed E-state index contributed by atoms with van der Waals surface area (Å²) < 4.78 is 0.958. The lowest BCUT2D eigenvalue weighted by Gasteiger charge is -2.06. The van der Waals surface area contributed by atoms with E-state index >= 15 is 0 Å². The molecule has 0 saturated heterocycles. The van der Waals surface area contributed by atoms with Crippen LogP contribution >= 0.6 is 27.5 Å². The monoisotopic (exact) mass is 270 g/mol. The summed E-state index contributed by atoms with van der Waals surface area (Å²) in [6.07, 6.45) is 1.74. The smallest absolute Gasteiger partial charge is 0.133 e. The van der Waals surface area contributed by atoms with E-state index in [1.165, 1.54) is 0 Å². The van der Waals surface area contributed by atoms with Crippen molar-refractivity contribution in [1.82, 2.24) is 4.98 Å². The van der Waals surface area contributed by atoms with E-state index in [9.17, 15) is 0 Å². The Bertz CT molecular complexity index is 485. The minimum atomic E-state index is 0.730. The van der Waals surface area contributed by atoms with Gasteiger partial charge in [-0.05, 0) is 18.2 Å². The highest BCUT2D eigenvalue weighted by atomic mass is 79.9. The van der Waals surface area contributed by atoms with Gasteiger partial charge in [0.15, 0.2) is 0 Å². The van der Waals surface area contributed by atoms with Crippen LogP contribution < -0.4 is 5.32 Å². The van der Waals surface area contributed by atoms with E-state index in [0.717, 1.165) is 26.1 Å². The molecule has 72 valence electrons. The van der Waals surface area contributed by atoms with E-state index in [2.05, 4.69) is 26.2 Å². The molecule has 0 spiro atoms. The van der Waals surface area contributed by atoms with Crippen LogP contribution in [0.5, 0.6) is 0 Å². The highest BCUT2D eigenvalue weighted by Gasteiger charge is 2.05. The number of nitrogens with zero attached hydrogens (tertiary/aromatic N) is 1. The molecule has 1 heterocycles. The number of hydrogen-bond acceptors (Lipinski definition) is 2. The summed E-state index contributed by atoms with van der Waals surface area (Å²) in [5, 5.41) is 5.79. The van der Waals surface area contributed by atoms with Crippen LogP contribution in [0, 0.1) is 0 Å². The van der Waals surface area contributed by atoms with Gasteiger partial charge in [0.05, 0.1) is 0 Å². The molecule has 1 aromatic heterocycles. The number of hydrogen-bond donors (Lipinski definition) is 1. The van der Waals surface area contributed by atoms with Crippen molar-refractivity contribution < 1.29 is 0 Å². The molecule has 0 aliphatic rings. The van der Waals surface area contributed by atoms with Gasteiger partial charge in [-0.2, -0.15) is 0 Å². The Morgan fingerprint density at radius 2 is 2.14 bits per heavy atom. The fraction of sp³-hybridized carbons (Fsp3) is 0.100. The molecule has 0 amide bonds. The Kier molecular flexibility index (Phi) is 2.61. The van der Waals surface area contributed by atoms with Crippen LogP contribution in [0.25, 0.3) is 10.8 Å². The molecule has 2 aromatic rings. The minimum absolute atomic E-state index is 0.730. The van der Waals surface area contributed by atoms with E-state index in [4.69, 9.17) is 11.6 Å². The van der Waals surface area contributed by atoms with E-state index < -0.39 is 0 Å². The minimum Gasteiger partial charge on any atom is -0.373 e. The van der Waals surface area contributed by atoms with Crippen molar-refractivity contribution >= 4 is 44.1 Å². The summed E-state index contributed by atoms with van der Waals surface area (Å²) in [5.74, 6) is 0.839. The van der Waals surface area contributed by atoms with Gasteiger partial charge in [-0.25, -0.2) is 4.98 Å². The molecule has 2 nitrogen and oxygen atoms in total. The zero-order valence-electron chi connectivity index (χ0n) is 7.51. The van der Waals surface area contributed by atoms with Gasteiger partial charge in [0.2, 0.25) is 0 Å². The van der Waals surface area contributed by atoms with Gasteiger partial charge in [0.25, 0.3) is 0 Å². The van der Waals surface area contributed by atoms with Gasteiger partial charge < -0.3 is 5.32 Å². The second-order valence-corrected chi connectivity index (χ2v) is 4.22. The summed E-state index contributed by atoms with van der Waals surface area (Å²) in [5.41, 5.74) is 0. The van der Waals surface area contributed by atoms with E-state index in [1.807, 2.05) is 25.2 Å². The third-order valence-electron chi connectivity index (χ3n) is 2.03. The van der Waals surface area contributed by atoms with Gasteiger partial charge in [-0.3, -0.25) is 0 Å². The number of halogens is 2. The normalized spacial score (nSPS) is 10.5. The van der Waals surface area contributed by atoms with Crippen LogP contribution in [0.15, 0.2) is 28.9 Å². The molecular formula is C10H8BrClN2. The third-order valence-corrected chi connectivity index (χ3v) is 2.80. The van der Waals surface area contributed by atoms with E-state index in [-0.39, 0.29) is 0 Å². The van der Waals surface area contributed by atoms with E-state index in [1.54, 1.807) is 6.20 Å². The average molecular weight is 272 g/mol. The zero-order valence-corrected chi connectivity index (χ0v) is 9.85. The molecule has 0 aliphatic heterocycles. The van der Waals surface area contributed by atoms with Crippen molar-refractivity contribution in [2.24, 2.45) is 0 Å². The lowest BCUT2D eigenvalue weighted by Crippen LogP contribution is -1.92. The molecule has 4 heteroatoms. The molecule has 0 fully saturated rings. The molecule has 0 aliphatic carbocycles. The largest absolute Gasteiger partial charge is 0.373 e. The number of benzene rings is 1. The lowest BCUT2D eigenvalue weighted by atomic mass is 10.1. The first-order chi connectivity index (χ1) is 6.72. The molecule has 0 radical (unpaired) electrons. The van der Waals surface area contributed by atoms with Crippen molar-refractivity contribution in [2.45, 2.75) is 0 Å². The standard InChI is InChI=1S/C10H8BrClN2/c1-13-10-8-4-6(11)5-9(12)7(8)2-3-14-10/h2-5H,1H3,(H,13,14). The Morgan fingerprint density at radius 1 is 1.36 bits per heavy atom. The predicted molar refractivity (Wildman–Crippen MR) is 64.0 cm³/mol. The van der Waals surface area contributed by atoms with Crippen molar-refractivity contribution in [3.8, 4) is 0 Å². The highest BCUT2D eigenvalue weighted by Crippen LogP contribution is 2.30. The maximum atomic E-state index is 6.11. The number of pyridine rings is 1. The first kappa shape index (κ1) is 9.74. The van der Waals surface area contributed by atoms with Crippen molar-refractivity contribution in [2.75, 3.05) is 12.4 Å². The Balaban J connectivity index is 2.86. The fourth-order valence-electron chi connectivity index (χ4n) is 1.41. The molecule has 1 aromatic carbocycles. The van der Waals surface area contributed by atoms with Crippen molar-refractivity contribution in [3.63, 3.8) is 0 Å². The SMILES string of the molecule is CNc1nccc2c(Cl)cc(Br)cc12. The van der Waals surface area contributed by atoms with Gasteiger partial charge in [-0.15, -0.1) is 0 Å². The predicted octanol–water partition coefficient (Wildman–Crippen LogP) is 3.69. The maximum Gasteiger partial charge on any atom is 0.133 e. The molecule has 2 rings (SSSR count). The topological polar surface area (TPSA) is 24.9 Å². The van der Waals surface area contributed by atoms with E-state index in [0.29, 0.717) is 0 Å². The quantitative estimate of drug-likeness (QED) is 0.855. The summed E-state index contributed by atoms with van der Waals surface area (Å²) in [7, 11) is 1.84. The molecular weight excluding hydrogens is 263 g/mol. The summed E-state index contributed by atoms with van der Waals surface area (Å²) >= 11 is 9.51. The Morgan fingerprint density at radius 3 is 2.86 bits per heavy atom. The number of fused-ring (bicyclic) bond motifs is 1. The van der Waals surface area contributed by atoms with Crippen LogP contribution in [0.2, 0.25) is 5.02 Å². The van der Waals surface area contributed by atoms with Crippen molar-refractivity contribution in [1.29, 1.82) is 0 Å². The molecule has 14 heavy (non-hydrogen) atoms. The Labute approximate surface area is 95.4 Å². The number of rotatable bonds is 1. The summed E-state index contributed by atoms with van der Waals surface area (Å²) in [4.78, 5) is 4.22. The van der Waals surface area contributed by atoms with Crippen LogP contribution in [0.1, 0.15) is 0 Å².